The average Bonchev–Trinajstić information content (AvgIpc) is 2.93. The molecule has 0 spiro atoms. The second kappa shape index (κ2) is 11.9. The summed E-state index contributed by atoms with van der Waals surface area (Å²) in [5.74, 6) is 0.375. The third-order valence-electron chi connectivity index (χ3n) is 7.67. The number of likely N-dealkylation sites (tertiary alicyclic amines) is 1. The Morgan fingerprint density at radius 2 is 1.74 bits per heavy atom. The Balaban J connectivity index is 1.23. The van der Waals surface area contributed by atoms with Gasteiger partial charge in [-0.25, -0.2) is 0 Å². The van der Waals surface area contributed by atoms with Gasteiger partial charge in [0.2, 0.25) is 11.8 Å². The maximum absolute atomic E-state index is 13.2. The molecular formula is C29H34F3N3O4. The number of aryl methyl sites for hydroxylation is 1. The summed E-state index contributed by atoms with van der Waals surface area (Å²) in [4.78, 5) is 29.6. The first-order valence-corrected chi connectivity index (χ1v) is 13.6. The second-order valence-electron chi connectivity index (χ2n) is 10.4. The highest BCUT2D eigenvalue weighted by atomic mass is 19.4. The molecule has 5 rings (SSSR count). The predicted molar refractivity (Wildman–Crippen MR) is 140 cm³/mol. The van der Waals surface area contributed by atoms with Gasteiger partial charge in [0.15, 0.2) is 6.61 Å². The van der Waals surface area contributed by atoms with Gasteiger partial charge in [0, 0.05) is 42.9 Å². The number of hydrogen-bond acceptors (Lipinski definition) is 5. The predicted octanol–water partition coefficient (Wildman–Crippen LogP) is 4.27. The van der Waals surface area contributed by atoms with Crippen molar-refractivity contribution < 1.29 is 32.2 Å². The van der Waals surface area contributed by atoms with Crippen molar-refractivity contribution in [2.24, 2.45) is 0 Å². The average molecular weight is 546 g/mol. The van der Waals surface area contributed by atoms with Gasteiger partial charge in [0.05, 0.1) is 6.42 Å². The number of nitrogens with zero attached hydrogens (tertiary/aromatic N) is 2. The monoisotopic (exact) mass is 545 g/mol. The van der Waals surface area contributed by atoms with Crippen molar-refractivity contribution in [3.63, 3.8) is 0 Å². The molecule has 0 bridgehead atoms. The van der Waals surface area contributed by atoms with Crippen molar-refractivity contribution in [3.8, 4) is 11.5 Å². The molecule has 7 nitrogen and oxygen atoms in total. The van der Waals surface area contributed by atoms with Crippen LogP contribution in [-0.2, 0) is 22.4 Å². The Hall–Kier alpha value is -3.27. The first-order valence-electron chi connectivity index (χ1n) is 13.6. The minimum atomic E-state index is -4.50. The number of piperidine rings is 2. The van der Waals surface area contributed by atoms with Crippen LogP contribution in [0.2, 0.25) is 0 Å². The Bertz CT molecular complexity index is 1170. The lowest BCUT2D eigenvalue weighted by molar-refractivity contribution is -0.153. The van der Waals surface area contributed by atoms with Gasteiger partial charge < -0.3 is 24.6 Å². The summed E-state index contributed by atoms with van der Waals surface area (Å²) in [6.07, 6.45) is -0.464. The molecule has 2 aromatic rings. The number of amides is 2. The van der Waals surface area contributed by atoms with Gasteiger partial charge in [-0.05, 0) is 62.9 Å². The Morgan fingerprint density at radius 1 is 1.00 bits per heavy atom. The summed E-state index contributed by atoms with van der Waals surface area (Å²) in [5, 5.41) is 3.25. The molecule has 3 aliphatic heterocycles. The van der Waals surface area contributed by atoms with Crippen LogP contribution in [-0.4, -0.2) is 67.8 Å². The molecule has 0 aromatic heterocycles. The minimum Gasteiger partial charge on any atom is -0.490 e. The number of alkyl halides is 3. The fourth-order valence-corrected chi connectivity index (χ4v) is 5.66. The van der Waals surface area contributed by atoms with Gasteiger partial charge in [-0.3, -0.25) is 9.59 Å². The summed E-state index contributed by atoms with van der Waals surface area (Å²) in [6, 6.07) is 12.7. The maximum atomic E-state index is 13.2. The normalized spacial score (nSPS) is 19.1. The first-order chi connectivity index (χ1) is 18.8. The fraction of sp³-hybridized carbons (Fsp3) is 0.517. The molecule has 0 atom stereocenters. The standard InChI is InChI=1S/C29H34F3N3O4/c30-29(31,32)19-38-26-18-24(39-23-9-13-33-14-10-23)7-5-21(26)17-28(37)34-15-11-22(12-16-34)35-25-4-2-1-3-20(25)6-8-27(35)36/h1-5,7,18,22-23,33H,6,8-17,19H2. The third kappa shape index (κ3) is 6.84. The van der Waals surface area contributed by atoms with E-state index in [9.17, 15) is 22.8 Å². The lowest BCUT2D eigenvalue weighted by Gasteiger charge is -2.41. The molecule has 3 aliphatic rings. The molecule has 2 aromatic carbocycles. The van der Waals surface area contributed by atoms with Gasteiger partial charge in [-0.2, -0.15) is 13.2 Å². The number of benzene rings is 2. The zero-order valence-electron chi connectivity index (χ0n) is 21.8. The molecule has 2 amide bonds. The smallest absolute Gasteiger partial charge is 0.422 e. The Morgan fingerprint density at radius 3 is 2.49 bits per heavy atom. The van der Waals surface area contributed by atoms with Gasteiger partial charge in [-0.1, -0.05) is 24.3 Å². The van der Waals surface area contributed by atoms with E-state index in [0.717, 1.165) is 43.6 Å². The van der Waals surface area contributed by atoms with E-state index in [1.165, 1.54) is 6.07 Å². The van der Waals surface area contributed by atoms with Crippen molar-refractivity contribution in [2.75, 3.05) is 37.7 Å². The van der Waals surface area contributed by atoms with E-state index in [0.29, 0.717) is 43.7 Å². The van der Waals surface area contributed by atoms with E-state index in [2.05, 4.69) is 11.4 Å². The van der Waals surface area contributed by atoms with Gasteiger partial charge in [0.25, 0.3) is 0 Å². The van der Waals surface area contributed by atoms with Crippen molar-refractivity contribution in [1.82, 2.24) is 10.2 Å². The fourth-order valence-electron chi connectivity index (χ4n) is 5.66. The number of halogens is 3. The Labute approximate surface area is 226 Å². The van der Waals surface area contributed by atoms with E-state index in [-0.39, 0.29) is 36.1 Å². The number of rotatable bonds is 7. The van der Waals surface area contributed by atoms with Crippen LogP contribution in [0.5, 0.6) is 11.5 Å². The quantitative estimate of drug-likeness (QED) is 0.563. The van der Waals surface area contributed by atoms with Crippen LogP contribution in [0.25, 0.3) is 0 Å². The molecule has 210 valence electrons. The summed E-state index contributed by atoms with van der Waals surface area (Å²) in [6.45, 7) is 1.16. The van der Waals surface area contributed by atoms with Crippen molar-refractivity contribution in [3.05, 3.63) is 53.6 Å². The van der Waals surface area contributed by atoms with E-state index in [1.807, 2.05) is 23.1 Å². The first kappa shape index (κ1) is 27.3. The molecule has 39 heavy (non-hydrogen) atoms. The van der Waals surface area contributed by atoms with Gasteiger partial charge >= 0.3 is 6.18 Å². The van der Waals surface area contributed by atoms with E-state index in [4.69, 9.17) is 9.47 Å². The highest BCUT2D eigenvalue weighted by Gasteiger charge is 2.34. The van der Waals surface area contributed by atoms with E-state index >= 15 is 0 Å². The van der Waals surface area contributed by atoms with Crippen molar-refractivity contribution >= 4 is 17.5 Å². The number of ether oxygens (including phenoxy) is 2. The number of nitrogens with one attached hydrogen (secondary N) is 1. The topological polar surface area (TPSA) is 71.1 Å². The summed E-state index contributed by atoms with van der Waals surface area (Å²) < 4.78 is 49.9. The number of carbonyl (C=O) groups is 2. The molecule has 0 unspecified atom stereocenters. The number of para-hydroxylation sites is 1. The molecule has 3 heterocycles. The molecule has 0 aliphatic carbocycles. The minimum absolute atomic E-state index is 0.0116. The summed E-state index contributed by atoms with van der Waals surface area (Å²) in [7, 11) is 0. The highest BCUT2D eigenvalue weighted by Crippen LogP contribution is 2.33. The van der Waals surface area contributed by atoms with Crippen molar-refractivity contribution in [2.45, 2.75) is 63.3 Å². The molecule has 0 radical (unpaired) electrons. The highest BCUT2D eigenvalue weighted by molar-refractivity contribution is 5.97. The largest absolute Gasteiger partial charge is 0.490 e. The Kier molecular flexibility index (Phi) is 8.30. The van der Waals surface area contributed by atoms with Gasteiger partial charge in [-0.15, -0.1) is 0 Å². The summed E-state index contributed by atoms with van der Waals surface area (Å²) >= 11 is 0. The zero-order valence-corrected chi connectivity index (χ0v) is 21.8. The summed E-state index contributed by atoms with van der Waals surface area (Å²) in [5.41, 5.74) is 2.51. The number of carbonyl (C=O) groups excluding carboxylic acids is 2. The molecule has 10 heteroatoms. The van der Waals surface area contributed by atoms with Crippen LogP contribution in [0.15, 0.2) is 42.5 Å². The molecule has 2 fully saturated rings. The molecule has 2 saturated heterocycles. The third-order valence-corrected chi connectivity index (χ3v) is 7.67. The van der Waals surface area contributed by atoms with Gasteiger partial charge in [0.1, 0.15) is 17.6 Å². The van der Waals surface area contributed by atoms with E-state index < -0.39 is 12.8 Å². The SMILES string of the molecule is O=C(Cc1ccc(OC2CCNCC2)cc1OCC(F)(F)F)N1CCC(N2C(=O)CCc3ccccc32)CC1. The number of anilines is 1. The van der Waals surface area contributed by atoms with Crippen molar-refractivity contribution in [1.29, 1.82) is 0 Å². The lowest BCUT2D eigenvalue weighted by atomic mass is 9.95. The van der Waals surface area contributed by atoms with Crippen LogP contribution in [0.1, 0.15) is 43.2 Å². The zero-order chi connectivity index (χ0) is 27.4. The molecule has 1 N–H and O–H groups in total. The number of fused-ring (bicyclic) bond motifs is 1. The number of hydrogen-bond donors (Lipinski definition) is 1. The van der Waals surface area contributed by atoms with Crippen LogP contribution >= 0.6 is 0 Å². The van der Waals surface area contributed by atoms with Crippen LogP contribution < -0.4 is 19.7 Å². The maximum Gasteiger partial charge on any atom is 0.422 e. The lowest BCUT2D eigenvalue weighted by Crippen LogP contribution is -2.50. The van der Waals surface area contributed by atoms with E-state index in [1.54, 1.807) is 17.0 Å². The van der Waals surface area contributed by atoms with Crippen LogP contribution in [0, 0.1) is 0 Å². The molecular weight excluding hydrogens is 511 g/mol. The molecule has 0 saturated carbocycles. The van der Waals surface area contributed by atoms with Crippen LogP contribution in [0.3, 0.4) is 0 Å². The van der Waals surface area contributed by atoms with Crippen LogP contribution in [0.4, 0.5) is 18.9 Å². The second-order valence-corrected chi connectivity index (χ2v) is 10.4.